The monoisotopic (exact) mass is 391 g/mol. The highest BCUT2D eigenvalue weighted by atomic mass is 32.2. The standard InChI is InChI=1S/C20H22FNO4S/c1-4-27(25)18-8-6-5-7-17(18)20(24)26-14(3)19(23)22-13(2)15-9-11-16(21)12-10-15/h5-14H,4H2,1-3H3,(H,22,23). The molecule has 2 rings (SSSR count). The van der Waals surface area contributed by atoms with Gasteiger partial charge in [0.15, 0.2) is 6.10 Å². The second-order valence-corrected chi connectivity index (χ2v) is 7.67. The summed E-state index contributed by atoms with van der Waals surface area (Å²) in [5.74, 6) is -1.17. The summed E-state index contributed by atoms with van der Waals surface area (Å²) in [6.07, 6.45) is -1.04. The van der Waals surface area contributed by atoms with Gasteiger partial charge >= 0.3 is 5.97 Å². The molecule has 1 amide bonds. The number of esters is 1. The molecule has 3 unspecified atom stereocenters. The number of rotatable bonds is 7. The van der Waals surface area contributed by atoms with Crippen molar-refractivity contribution >= 4 is 22.7 Å². The van der Waals surface area contributed by atoms with Gasteiger partial charge < -0.3 is 10.1 Å². The Bertz CT molecular complexity index is 838. The van der Waals surface area contributed by atoms with E-state index < -0.39 is 28.8 Å². The molecule has 2 aromatic carbocycles. The molecular formula is C20H22FNO4S. The lowest BCUT2D eigenvalue weighted by atomic mass is 10.1. The van der Waals surface area contributed by atoms with Crippen LogP contribution < -0.4 is 5.32 Å². The summed E-state index contributed by atoms with van der Waals surface area (Å²) >= 11 is 0. The maximum absolute atomic E-state index is 13.0. The Kier molecular flexibility index (Phi) is 7.24. The molecule has 0 aliphatic carbocycles. The quantitative estimate of drug-likeness (QED) is 0.735. The van der Waals surface area contributed by atoms with Gasteiger partial charge in [-0.1, -0.05) is 31.2 Å². The summed E-state index contributed by atoms with van der Waals surface area (Å²) < 4.78 is 30.3. The first-order chi connectivity index (χ1) is 12.8. The van der Waals surface area contributed by atoms with Crippen LogP contribution in [0.2, 0.25) is 0 Å². The van der Waals surface area contributed by atoms with Crippen molar-refractivity contribution in [3.8, 4) is 0 Å². The van der Waals surface area contributed by atoms with Crippen molar-refractivity contribution in [1.82, 2.24) is 5.32 Å². The van der Waals surface area contributed by atoms with Crippen molar-refractivity contribution in [2.24, 2.45) is 0 Å². The average molecular weight is 391 g/mol. The molecule has 0 saturated carbocycles. The molecule has 2 aromatic rings. The minimum atomic E-state index is -1.32. The van der Waals surface area contributed by atoms with Crippen LogP contribution in [0.5, 0.6) is 0 Å². The largest absolute Gasteiger partial charge is 0.449 e. The average Bonchev–Trinajstić information content (AvgIpc) is 2.67. The lowest BCUT2D eigenvalue weighted by Crippen LogP contribution is -2.37. The van der Waals surface area contributed by atoms with E-state index in [4.69, 9.17) is 4.74 Å². The Morgan fingerprint density at radius 1 is 1.11 bits per heavy atom. The van der Waals surface area contributed by atoms with Gasteiger partial charge in [0, 0.05) is 5.75 Å². The number of ether oxygens (including phenoxy) is 1. The highest BCUT2D eigenvalue weighted by Crippen LogP contribution is 2.17. The first-order valence-electron chi connectivity index (χ1n) is 8.57. The van der Waals surface area contributed by atoms with Gasteiger partial charge in [-0.2, -0.15) is 0 Å². The fourth-order valence-electron chi connectivity index (χ4n) is 2.43. The van der Waals surface area contributed by atoms with Crippen molar-refractivity contribution in [2.45, 2.75) is 37.8 Å². The predicted octanol–water partition coefficient (Wildman–Crippen LogP) is 3.38. The van der Waals surface area contributed by atoms with E-state index in [0.717, 1.165) is 5.56 Å². The summed E-state index contributed by atoms with van der Waals surface area (Å²) in [5.41, 5.74) is 0.913. The molecular weight excluding hydrogens is 369 g/mol. The Labute approximate surface area is 160 Å². The maximum atomic E-state index is 13.0. The first kappa shape index (κ1) is 20.8. The van der Waals surface area contributed by atoms with Gasteiger partial charge in [0.25, 0.3) is 5.91 Å². The third-order valence-corrected chi connectivity index (χ3v) is 5.37. The van der Waals surface area contributed by atoms with Crippen LogP contribution in [0.3, 0.4) is 0 Å². The number of carbonyl (C=O) groups is 2. The molecule has 27 heavy (non-hydrogen) atoms. The van der Waals surface area contributed by atoms with Gasteiger partial charge in [0.05, 0.1) is 27.3 Å². The van der Waals surface area contributed by atoms with Crippen LogP contribution >= 0.6 is 0 Å². The second kappa shape index (κ2) is 9.41. The van der Waals surface area contributed by atoms with Gasteiger partial charge in [0.1, 0.15) is 5.82 Å². The van der Waals surface area contributed by atoms with Crippen LogP contribution in [0, 0.1) is 5.82 Å². The number of carbonyl (C=O) groups excluding carboxylic acids is 2. The molecule has 0 aliphatic heterocycles. The molecule has 0 fully saturated rings. The number of amides is 1. The zero-order valence-corrected chi connectivity index (χ0v) is 16.2. The van der Waals surface area contributed by atoms with Crippen LogP contribution in [0.1, 0.15) is 42.7 Å². The van der Waals surface area contributed by atoms with Gasteiger partial charge in [0.2, 0.25) is 0 Å². The van der Waals surface area contributed by atoms with Gasteiger partial charge in [-0.25, -0.2) is 9.18 Å². The minimum Gasteiger partial charge on any atom is -0.449 e. The number of benzene rings is 2. The third kappa shape index (κ3) is 5.47. The van der Waals surface area contributed by atoms with Crippen molar-refractivity contribution in [1.29, 1.82) is 0 Å². The van der Waals surface area contributed by atoms with Crippen molar-refractivity contribution in [2.75, 3.05) is 5.75 Å². The summed E-state index contributed by atoms with van der Waals surface area (Å²) in [4.78, 5) is 25.1. The van der Waals surface area contributed by atoms with Crippen molar-refractivity contribution in [3.63, 3.8) is 0 Å². The Hall–Kier alpha value is -2.54. The molecule has 0 saturated heterocycles. The highest BCUT2D eigenvalue weighted by molar-refractivity contribution is 7.85. The van der Waals surface area contributed by atoms with Crippen LogP contribution in [0.4, 0.5) is 4.39 Å². The van der Waals surface area contributed by atoms with E-state index in [2.05, 4.69) is 5.32 Å². The summed E-state index contributed by atoms with van der Waals surface area (Å²) in [6, 6.07) is 11.9. The molecule has 0 aromatic heterocycles. The molecule has 5 nitrogen and oxygen atoms in total. The zero-order valence-electron chi connectivity index (χ0n) is 15.4. The highest BCUT2D eigenvalue weighted by Gasteiger charge is 2.23. The van der Waals surface area contributed by atoms with E-state index in [9.17, 15) is 18.2 Å². The van der Waals surface area contributed by atoms with E-state index in [-0.39, 0.29) is 17.4 Å². The molecule has 0 heterocycles. The topological polar surface area (TPSA) is 72.5 Å². The first-order valence-corrected chi connectivity index (χ1v) is 9.89. The fourth-order valence-corrected chi connectivity index (χ4v) is 3.37. The summed E-state index contributed by atoms with van der Waals surface area (Å²) in [6.45, 7) is 4.97. The SMILES string of the molecule is CCS(=O)c1ccccc1C(=O)OC(C)C(=O)NC(C)c1ccc(F)cc1. The second-order valence-electron chi connectivity index (χ2n) is 5.96. The van der Waals surface area contributed by atoms with E-state index in [1.54, 1.807) is 44.2 Å². The fraction of sp³-hybridized carbons (Fsp3) is 0.300. The van der Waals surface area contributed by atoms with E-state index in [1.165, 1.54) is 25.1 Å². The van der Waals surface area contributed by atoms with Gasteiger partial charge in [-0.15, -0.1) is 0 Å². The summed E-state index contributed by atoms with van der Waals surface area (Å²) in [7, 11) is -1.32. The lowest BCUT2D eigenvalue weighted by molar-refractivity contribution is -0.129. The van der Waals surface area contributed by atoms with E-state index in [1.807, 2.05) is 0 Å². The Morgan fingerprint density at radius 3 is 2.37 bits per heavy atom. The van der Waals surface area contributed by atoms with Crippen LogP contribution in [0.15, 0.2) is 53.4 Å². The van der Waals surface area contributed by atoms with Crippen LogP contribution in [-0.4, -0.2) is 27.9 Å². The molecule has 3 atom stereocenters. The normalized spacial score (nSPS) is 14.1. The van der Waals surface area contributed by atoms with E-state index >= 15 is 0 Å². The minimum absolute atomic E-state index is 0.184. The van der Waals surface area contributed by atoms with Crippen LogP contribution in [0.25, 0.3) is 0 Å². The number of hydrogen-bond acceptors (Lipinski definition) is 4. The Morgan fingerprint density at radius 2 is 1.74 bits per heavy atom. The van der Waals surface area contributed by atoms with Gasteiger partial charge in [-0.05, 0) is 43.7 Å². The smallest absolute Gasteiger partial charge is 0.340 e. The van der Waals surface area contributed by atoms with Crippen molar-refractivity contribution < 1.29 is 22.9 Å². The number of hydrogen-bond donors (Lipinski definition) is 1. The number of halogens is 1. The summed E-state index contributed by atoms with van der Waals surface area (Å²) in [5, 5.41) is 2.72. The van der Waals surface area contributed by atoms with Gasteiger partial charge in [-0.3, -0.25) is 9.00 Å². The molecule has 0 bridgehead atoms. The molecule has 0 radical (unpaired) electrons. The van der Waals surface area contributed by atoms with Crippen LogP contribution in [-0.2, 0) is 20.3 Å². The zero-order chi connectivity index (χ0) is 20.0. The molecule has 144 valence electrons. The molecule has 1 N–H and O–H groups in total. The van der Waals surface area contributed by atoms with E-state index in [0.29, 0.717) is 10.6 Å². The predicted molar refractivity (Wildman–Crippen MR) is 101 cm³/mol. The molecule has 0 spiro atoms. The van der Waals surface area contributed by atoms with Crippen molar-refractivity contribution in [3.05, 3.63) is 65.5 Å². The Balaban J connectivity index is 2.03. The molecule has 0 aliphatic rings. The maximum Gasteiger partial charge on any atom is 0.340 e. The molecule has 7 heteroatoms. The number of nitrogens with one attached hydrogen (secondary N) is 1. The lowest BCUT2D eigenvalue weighted by Gasteiger charge is -2.19. The third-order valence-electron chi connectivity index (χ3n) is 4.00.